The first kappa shape index (κ1) is 13.9. The minimum absolute atomic E-state index is 0.0244. The van der Waals surface area contributed by atoms with Crippen molar-refractivity contribution in [2.24, 2.45) is 0 Å². The number of carbonyl (C=O) groups excluding carboxylic acids is 1. The Kier molecular flexibility index (Phi) is 3.56. The van der Waals surface area contributed by atoms with Crippen LogP contribution in [0.1, 0.15) is 0 Å². The largest absolute Gasteiger partial charge is 0.347 e. The van der Waals surface area contributed by atoms with Crippen molar-refractivity contribution >= 4 is 36.5 Å². The van der Waals surface area contributed by atoms with E-state index in [1.165, 1.54) is 11.1 Å². The van der Waals surface area contributed by atoms with Crippen LogP contribution >= 0.6 is 10.7 Å². The first-order chi connectivity index (χ1) is 8.80. The molecule has 0 bridgehead atoms. The molecule has 0 atom stereocenters. The third kappa shape index (κ3) is 2.74. The van der Waals surface area contributed by atoms with Crippen molar-refractivity contribution in [3.8, 4) is 0 Å². The maximum absolute atomic E-state index is 11.7. The van der Waals surface area contributed by atoms with Gasteiger partial charge in [-0.15, -0.1) is 0 Å². The molecule has 0 N–H and O–H groups in total. The average Bonchev–Trinajstić information content (AvgIpc) is 2.68. The molecule has 0 unspecified atom stereocenters. The van der Waals surface area contributed by atoms with Gasteiger partial charge in [0.15, 0.2) is 0 Å². The number of likely N-dealkylation sites (N-methyl/N-ethyl adjacent to an activating group) is 1. The summed E-state index contributed by atoms with van der Waals surface area (Å²) in [7, 11) is 4.87. The minimum atomic E-state index is -3.84. The summed E-state index contributed by atoms with van der Waals surface area (Å²) in [6.07, 6.45) is 1.40. The Hall–Kier alpha value is -1.53. The van der Waals surface area contributed by atoms with Gasteiger partial charge in [-0.3, -0.25) is 4.79 Å². The topological polar surface area (TPSA) is 59.4 Å². The molecule has 7 heteroatoms. The van der Waals surface area contributed by atoms with Crippen LogP contribution < -0.4 is 0 Å². The number of hydrogen-bond acceptors (Lipinski definition) is 3. The summed E-state index contributed by atoms with van der Waals surface area (Å²) in [5.41, 5.74) is 0.664. The van der Waals surface area contributed by atoms with Crippen LogP contribution in [0.4, 0.5) is 0 Å². The molecule has 0 aliphatic carbocycles. The Labute approximate surface area is 115 Å². The van der Waals surface area contributed by atoms with Crippen molar-refractivity contribution in [3.63, 3.8) is 0 Å². The lowest BCUT2D eigenvalue weighted by molar-refractivity contribution is -0.129. The zero-order valence-corrected chi connectivity index (χ0v) is 12.1. The van der Waals surface area contributed by atoms with Gasteiger partial charge in [0.05, 0.1) is 0 Å². The molecule has 1 amide bonds. The standard InChI is InChI=1S/C12H13ClN2O3S/c1-14(2)12(16)8-15-7-11(19(13,17)18)9-5-3-4-6-10(9)15/h3-7H,8H2,1-2H3. The molecule has 5 nitrogen and oxygen atoms in total. The Balaban J connectivity index is 2.60. The number of halogens is 1. The summed E-state index contributed by atoms with van der Waals surface area (Å²) in [6, 6.07) is 6.93. The van der Waals surface area contributed by atoms with Crippen molar-refractivity contribution in [2.45, 2.75) is 11.4 Å². The molecule has 1 heterocycles. The molecule has 2 rings (SSSR count). The van der Waals surface area contributed by atoms with E-state index in [9.17, 15) is 13.2 Å². The van der Waals surface area contributed by atoms with Gasteiger partial charge in [0, 0.05) is 41.9 Å². The van der Waals surface area contributed by atoms with Crippen LogP contribution in [0.2, 0.25) is 0 Å². The van der Waals surface area contributed by atoms with E-state index in [1.807, 2.05) is 0 Å². The summed E-state index contributed by atoms with van der Waals surface area (Å²) < 4.78 is 24.7. The molecular weight excluding hydrogens is 288 g/mol. The van der Waals surface area contributed by atoms with Gasteiger partial charge in [-0.1, -0.05) is 18.2 Å². The Bertz CT molecular complexity index is 735. The van der Waals surface area contributed by atoms with Crippen molar-refractivity contribution in [3.05, 3.63) is 30.5 Å². The molecule has 0 fully saturated rings. The van der Waals surface area contributed by atoms with Crippen LogP contribution in [-0.2, 0) is 20.4 Å². The van der Waals surface area contributed by atoms with Crippen molar-refractivity contribution in [1.82, 2.24) is 9.47 Å². The van der Waals surface area contributed by atoms with Crippen LogP contribution in [0.15, 0.2) is 35.4 Å². The fraction of sp³-hybridized carbons (Fsp3) is 0.250. The molecule has 0 saturated carbocycles. The van der Waals surface area contributed by atoms with E-state index >= 15 is 0 Å². The molecule has 102 valence electrons. The van der Waals surface area contributed by atoms with Crippen molar-refractivity contribution < 1.29 is 13.2 Å². The van der Waals surface area contributed by atoms with Gasteiger partial charge in [-0.2, -0.15) is 0 Å². The van der Waals surface area contributed by atoms with Crippen LogP contribution in [-0.4, -0.2) is 37.9 Å². The molecular formula is C12H13ClN2O3S. The van der Waals surface area contributed by atoms with Crippen molar-refractivity contribution in [1.29, 1.82) is 0 Å². The summed E-state index contributed by atoms with van der Waals surface area (Å²) in [4.78, 5) is 13.2. The summed E-state index contributed by atoms with van der Waals surface area (Å²) in [5, 5.41) is 0.518. The molecule has 1 aromatic heterocycles. The number of carbonyl (C=O) groups is 1. The third-order valence-corrected chi connectivity index (χ3v) is 4.17. The Morgan fingerprint density at radius 3 is 2.53 bits per heavy atom. The lowest BCUT2D eigenvalue weighted by Crippen LogP contribution is -2.25. The minimum Gasteiger partial charge on any atom is -0.347 e. The number of aromatic nitrogens is 1. The van der Waals surface area contributed by atoms with Crippen molar-refractivity contribution in [2.75, 3.05) is 14.1 Å². The molecule has 0 aliphatic rings. The number of rotatable bonds is 3. The van der Waals surface area contributed by atoms with Gasteiger partial charge in [-0.25, -0.2) is 8.42 Å². The second-order valence-electron chi connectivity index (χ2n) is 4.36. The lowest BCUT2D eigenvalue weighted by atomic mass is 10.2. The highest BCUT2D eigenvalue weighted by atomic mass is 35.7. The van der Waals surface area contributed by atoms with Gasteiger partial charge < -0.3 is 9.47 Å². The van der Waals surface area contributed by atoms with E-state index in [2.05, 4.69) is 0 Å². The van der Waals surface area contributed by atoms with E-state index in [-0.39, 0.29) is 17.3 Å². The average molecular weight is 301 g/mol. The smallest absolute Gasteiger partial charge is 0.263 e. The molecule has 19 heavy (non-hydrogen) atoms. The fourth-order valence-electron chi connectivity index (χ4n) is 1.83. The van der Waals surface area contributed by atoms with Gasteiger partial charge >= 0.3 is 0 Å². The monoisotopic (exact) mass is 300 g/mol. The Morgan fingerprint density at radius 1 is 1.32 bits per heavy atom. The molecule has 0 aliphatic heterocycles. The molecule has 0 spiro atoms. The maximum Gasteiger partial charge on any atom is 0.263 e. The van der Waals surface area contributed by atoms with Gasteiger partial charge in [0.1, 0.15) is 11.4 Å². The van der Waals surface area contributed by atoms with Gasteiger partial charge in [0.25, 0.3) is 9.05 Å². The normalized spacial score (nSPS) is 11.7. The predicted molar refractivity (Wildman–Crippen MR) is 73.7 cm³/mol. The number of hydrogen-bond donors (Lipinski definition) is 0. The summed E-state index contributed by atoms with van der Waals surface area (Å²) in [5.74, 6) is -0.126. The summed E-state index contributed by atoms with van der Waals surface area (Å²) in [6.45, 7) is 0.0694. The highest BCUT2D eigenvalue weighted by Crippen LogP contribution is 2.27. The number of benzene rings is 1. The lowest BCUT2D eigenvalue weighted by Gasteiger charge is -2.11. The van der Waals surface area contributed by atoms with Crippen LogP contribution in [0.25, 0.3) is 10.9 Å². The number of amides is 1. The zero-order valence-electron chi connectivity index (χ0n) is 10.5. The Morgan fingerprint density at radius 2 is 1.95 bits per heavy atom. The van der Waals surface area contributed by atoms with Gasteiger partial charge in [0.2, 0.25) is 5.91 Å². The molecule has 1 aromatic carbocycles. The molecule has 0 radical (unpaired) electrons. The number of nitrogens with zero attached hydrogens (tertiary/aromatic N) is 2. The van der Waals surface area contributed by atoms with Gasteiger partial charge in [-0.05, 0) is 6.07 Å². The van der Waals surface area contributed by atoms with Crippen LogP contribution in [0, 0.1) is 0 Å². The second kappa shape index (κ2) is 4.86. The van der Waals surface area contributed by atoms with E-state index in [4.69, 9.17) is 10.7 Å². The first-order valence-electron chi connectivity index (χ1n) is 5.53. The maximum atomic E-state index is 11.7. The number of fused-ring (bicyclic) bond motifs is 1. The molecule has 2 aromatic rings. The SMILES string of the molecule is CN(C)C(=O)Cn1cc(S(=O)(=O)Cl)c2ccccc21. The van der Waals surface area contributed by atoms with Crippen LogP contribution in [0.3, 0.4) is 0 Å². The second-order valence-corrected chi connectivity index (χ2v) is 6.90. The first-order valence-corrected chi connectivity index (χ1v) is 7.84. The molecule has 0 saturated heterocycles. The van der Waals surface area contributed by atoms with E-state index in [0.717, 1.165) is 0 Å². The summed E-state index contributed by atoms with van der Waals surface area (Å²) >= 11 is 0. The van der Waals surface area contributed by atoms with E-state index in [0.29, 0.717) is 10.9 Å². The third-order valence-electron chi connectivity index (χ3n) is 2.82. The fourth-order valence-corrected chi connectivity index (χ4v) is 2.88. The van der Waals surface area contributed by atoms with E-state index < -0.39 is 9.05 Å². The van der Waals surface area contributed by atoms with Crippen LogP contribution in [0.5, 0.6) is 0 Å². The highest BCUT2D eigenvalue weighted by molar-refractivity contribution is 8.14. The predicted octanol–water partition coefficient (Wildman–Crippen LogP) is 1.66. The quantitative estimate of drug-likeness (QED) is 0.810. The highest BCUT2D eigenvalue weighted by Gasteiger charge is 2.19. The number of para-hydroxylation sites is 1. The van der Waals surface area contributed by atoms with E-state index in [1.54, 1.807) is 42.9 Å². The zero-order chi connectivity index (χ0) is 14.2.